The van der Waals surface area contributed by atoms with Crippen LogP contribution in [0.1, 0.15) is 36.5 Å². The molecule has 3 rings (SSSR count). The average molecular weight is 449 g/mol. The number of ether oxygens (including phenoxy) is 2. The van der Waals surface area contributed by atoms with E-state index < -0.39 is 0 Å². The second-order valence-corrected chi connectivity index (χ2v) is 7.65. The number of aryl methyl sites for hydroxylation is 2. The third-order valence-corrected chi connectivity index (χ3v) is 5.44. The number of phenolic OH excluding ortho intramolecular Hbond substituents is 1. The molecule has 0 saturated heterocycles. The second-order valence-electron chi connectivity index (χ2n) is 7.65. The summed E-state index contributed by atoms with van der Waals surface area (Å²) in [7, 11) is 1.40. The fraction of sp³-hybridized carbons (Fsp3) is 0.250. The molecule has 172 valence electrons. The minimum atomic E-state index is -0.312. The van der Waals surface area contributed by atoms with Gasteiger partial charge in [-0.1, -0.05) is 55.5 Å². The van der Waals surface area contributed by atoms with Gasteiger partial charge in [0.25, 0.3) is 0 Å². The van der Waals surface area contributed by atoms with Gasteiger partial charge >= 0.3 is 5.97 Å². The van der Waals surface area contributed by atoms with Crippen molar-refractivity contribution in [2.45, 2.75) is 32.6 Å². The summed E-state index contributed by atoms with van der Waals surface area (Å²) < 4.78 is 23.9. The van der Waals surface area contributed by atoms with E-state index in [1.54, 1.807) is 18.2 Å². The van der Waals surface area contributed by atoms with Crippen LogP contribution < -0.4 is 4.74 Å². The van der Waals surface area contributed by atoms with Crippen molar-refractivity contribution in [3.63, 3.8) is 0 Å². The first-order valence-corrected chi connectivity index (χ1v) is 11.1. The smallest absolute Gasteiger partial charge is 0.305 e. The second kappa shape index (κ2) is 11.9. The largest absolute Gasteiger partial charge is 0.507 e. The maximum Gasteiger partial charge on any atom is 0.305 e. The van der Waals surface area contributed by atoms with Crippen LogP contribution in [-0.2, 0) is 22.4 Å². The van der Waals surface area contributed by atoms with Gasteiger partial charge in [-0.2, -0.15) is 0 Å². The maximum atomic E-state index is 13.2. The van der Waals surface area contributed by atoms with Crippen molar-refractivity contribution < 1.29 is 23.8 Å². The van der Waals surface area contributed by atoms with Gasteiger partial charge < -0.3 is 14.6 Å². The lowest BCUT2D eigenvalue weighted by Gasteiger charge is -2.14. The Balaban J connectivity index is 1.62. The lowest BCUT2D eigenvalue weighted by Crippen LogP contribution is -2.02. The zero-order valence-corrected chi connectivity index (χ0v) is 19.0. The summed E-state index contributed by atoms with van der Waals surface area (Å²) in [5.74, 6) is 0.215. The standard InChI is InChI=1S/C28H29FO4/c1-3-20-18-25(23-11-14-24(29)15-12-23)26(30)19-27(20)33-17-7-6-10-21-8-4-5-9-22(21)13-16-28(31)32-2/h4-6,8-12,14-15,18-19,30H,3,7,13,16-17H2,1-2H3. The Kier molecular flexibility index (Phi) is 8.64. The van der Waals surface area contributed by atoms with E-state index in [-0.39, 0.29) is 17.5 Å². The fourth-order valence-electron chi connectivity index (χ4n) is 3.60. The van der Waals surface area contributed by atoms with Crippen molar-refractivity contribution in [2.24, 2.45) is 0 Å². The highest BCUT2D eigenvalue weighted by atomic mass is 19.1. The Morgan fingerprint density at radius 3 is 2.55 bits per heavy atom. The van der Waals surface area contributed by atoms with E-state index in [4.69, 9.17) is 9.47 Å². The van der Waals surface area contributed by atoms with Gasteiger partial charge in [0, 0.05) is 18.1 Å². The van der Waals surface area contributed by atoms with Crippen molar-refractivity contribution in [3.8, 4) is 22.6 Å². The van der Waals surface area contributed by atoms with Crippen molar-refractivity contribution in [2.75, 3.05) is 13.7 Å². The van der Waals surface area contributed by atoms with Crippen molar-refractivity contribution in [3.05, 3.63) is 89.2 Å². The molecule has 0 amide bonds. The van der Waals surface area contributed by atoms with Crippen LogP contribution in [0.2, 0.25) is 0 Å². The number of benzene rings is 3. The van der Waals surface area contributed by atoms with Crippen LogP contribution in [0, 0.1) is 5.82 Å². The normalized spacial score (nSPS) is 11.0. The third-order valence-electron chi connectivity index (χ3n) is 5.44. The lowest BCUT2D eigenvalue weighted by molar-refractivity contribution is -0.140. The van der Waals surface area contributed by atoms with Gasteiger partial charge in [0.2, 0.25) is 0 Å². The Morgan fingerprint density at radius 1 is 1.06 bits per heavy atom. The molecule has 0 unspecified atom stereocenters. The molecule has 3 aromatic rings. The molecule has 5 heteroatoms. The Bertz CT molecular complexity index is 1100. The van der Waals surface area contributed by atoms with E-state index in [9.17, 15) is 14.3 Å². The SMILES string of the molecule is CCc1cc(-c2ccc(F)cc2)c(O)cc1OCCC=Cc1ccccc1CCC(=O)OC. The summed E-state index contributed by atoms with van der Waals surface area (Å²) in [6, 6.07) is 17.5. The van der Waals surface area contributed by atoms with Crippen LogP contribution >= 0.6 is 0 Å². The number of esters is 1. The van der Waals surface area contributed by atoms with Gasteiger partial charge in [0.1, 0.15) is 17.3 Å². The average Bonchev–Trinajstić information content (AvgIpc) is 2.83. The Hall–Kier alpha value is -3.60. The number of rotatable bonds is 10. The van der Waals surface area contributed by atoms with Crippen molar-refractivity contribution >= 4 is 12.0 Å². The molecule has 0 aliphatic carbocycles. The van der Waals surface area contributed by atoms with E-state index in [2.05, 4.69) is 0 Å². The van der Waals surface area contributed by atoms with Gasteiger partial charge in [0.05, 0.1) is 13.7 Å². The molecular weight excluding hydrogens is 419 g/mol. The first-order chi connectivity index (χ1) is 16.0. The maximum absolute atomic E-state index is 13.2. The molecular formula is C28H29FO4. The van der Waals surface area contributed by atoms with Crippen LogP contribution in [0.4, 0.5) is 4.39 Å². The summed E-state index contributed by atoms with van der Waals surface area (Å²) in [6.07, 6.45) is 6.48. The molecule has 4 nitrogen and oxygen atoms in total. The topological polar surface area (TPSA) is 55.8 Å². The van der Waals surface area contributed by atoms with E-state index in [1.165, 1.54) is 19.2 Å². The first-order valence-electron chi connectivity index (χ1n) is 11.1. The molecule has 0 heterocycles. The van der Waals surface area contributed by atoms with Gasteiger partial charge in [-0.05, 0) is 59.7 Å². The highest BCUT2D eigenvalue weighted by Crippen LogP contribution is 2.36. The Labute approximate surface area is 194 Å². The van der Waals surface area contributed by atoms with Crippen LogP contribution in [-0.4, -0.2) is 24.8 Å². The monoisotopic (exact) mass is 448 g/mol. The van der Waals surface area contributed by atoms with Crippen molar-refractivity contribution in [1.29, 1.82) is 0 Å². The summed E-state index contributed by atoms with van der Waals surface area (Å²) in [5, 5.41) is 10.5. The number of halogens is 1. The van der Waals surface area contributed by atoms with Gasteiger partial charge in [-0.3, -0.25) is 4.79 Å². The van der Waals surface area contributed by atoms with Gasteiger partial charge in [0.15, 0.2) is 0 Å². The predicted molar refractivity (Wildman–Crippen MR) is 129 cm³/mol. The minimum absolute atomic E-state index is 0.101. The number of carbonyl (C=O) groups excluding carboxylic acids is 1. The van der Waals surface area contributed by atoms with Crippen LogP contribution in [0.15, 0.2) is 66.7 Å². The fourth-order valence-corrected chi connectivity index (χ4v) is 3.60. The summed E-state index contributed by atoms with van der Waals surface area (Å²) in [4.78, 5) is 11.4. The molecule has 3 aromatic carbocycles. The third kappa shape index (κ3) is 6.69. The first kappa shape index (κ1) is 24.1. The number of aromatic hydroxyl groups is 1. The number of hydrogen-bond acceptors (Lipinski definition) is 4. The van der Waals surface area contributed by atoms with E-state index in [0.717, 1.165) is 28.7 Å². The quantitative estimate of drug-likeness (QED) is 0.290. The highest BCUT2D eigenvalue weighted by molar-refractivity contribution is 5.72. The minimum Gasteiger partial charge on any atom is -0.507 e. The molecule has 0 spiro atoms. The Morgan fingerprint density at radius 2 is 1.82 bits per heavy atom. The highest BCUT2D eigenvalue weighted by Gasteiger charge is 2.11. The van der Waals surface area contributed by atoms with Crippen molar-refractivity contribution in [1.82, 2.24) is 0 Å². The molecule has 0 aliphatic rings. The number of carbonyl (C=O) groups is 1. The molecule has 0 aromatic heterocycles. The zero-order chi connectivity index (χ0) is 23.6. The summed E-state index contributed by atoms with van der Waals surface area (Å²) >= 11 is 0. The van der Waals surface area contributed by atoms with E-state index >= 15 is 0 Å². The zero-order valence-electron chi connectivity index (χ0n) is 19.0. The summed E-state index contributed by atoms with van der Waals surface area (Å²) in [5.41, 5.74) is 4.54. The van der Waals surface area contributed by atoms with Crippen LogP contribution in [0.25, 0.3) is 17.2 Å². The molecule has 0 radical (unpaired) electrons. The van der Waals surface area contributed by atoms with Gasteiger partial charge in [-0.25, -0.2) is 4.39 Å². The molecule has 0 saturated carbocycles. The molecule has 0 aliphatic heterocycles. The van der Waals surface area contributed by atoms with E-state index in [1.807, 2.05) is 49.4 Å². The molecule has 33 heavy (non-hydrogen) atoms. The lowest BCUT2D eigenvalue weighted by atomic mass is 10.00. The predicted octanol–water partition coefficient (Wildman–Crippen LogP) is 6.35. The van der Waals surface area contributed by atoms with Crippen LogP contribution in [0.3, 0.4) is 0 Å². The van der Waals surface area contributed by atoms with E-state index in [0.29, 0.717) is 37.2 Å². The molecule has 0 fully saturated rings. The number of hydrogen-bond donors (Lipinski definition) is 1. The summed E-state index contributed by atoms with van der Waals surface area (Å²) in [6.45, 7) is 2.49. The van der Waals surface area contributed by atoms with Gasteiger partial charge in [-0.15, -0.1) is 0 Å². The number of phenols is 1. The molecule has 0 bridgehead atoms. The number of methoxy groups -OCH3 is 1. The molecule has 1 N–H and O–H groups in total. The molecule has 0 atom stereocenters. The van der Waals surface area contributed by atoms with Crippen LogP contribution in [0.5, 0.6) is 11.5 Å².